The van der Waals surface area contributed by atoms with E-state index in [1.165, 1.54) is 0 Å². The van der Waals surface area contributed by atoms with E-state index in [2.05, 4.69) is 25.9 Å². The Morgan fingerprint density at radius 2 is 2.06 bits per heavy atom. The van der Waals surface area contributed by atoms with Crippen molar-refractivity contribution < 1.29 is 5.11 Å². The van der Waals surface area contributed by atoms with Crippen LogP contribution in [0.1, 0.15) is 32.9 Å². The molecule has 1 heterocycles. The van der Waals surface area contributed by atoms with Gasteiger partial charge in [-0.2, -0.15) is 5.10 Å². The number of rotatable bonds is 3. The fourth-order valence-electron chi connectivity index (χ4n) is 1.65. The first-order chi connectivity index (χ1) is 8.44. The molecular formula is C14H17ClN2O. The van der Waals surface area contributed by atoms with Crippen molar-refractivity contribution in [1.82, 2.24) is 9.78 Å². The van der Waals surface area contributed by atoms with Crippen LogP contribution in [-0.4, -0.2) is 14.9 Å². The summed E-state index contributed by atoms with van der Waals surface area (Å²) in [6.07, 6.45) is 2.92. The summed E-state index contributed by atoms with van der Waals surface area (Å²) >= 11 is 5.79. The van der Waals surface area contributed by atoms with Crippen molar-refractivity contribution in [3.8, 4) is 11.4 Å². The smallest absolute Gasteiger partial charge is 0.136 e. The molecule has 1 N–H and O–H groups in total. The van der Waals surface area contributed by atoms with Crippen LogP contribution in [0, 0.1) is 0 Å². The van der Waals surface area contributed by atoms with E-state index in [9.17, 15) is 5.11 Å². The van der Waals surface area contributed by atoms with Gasteiger partial charge < -0.3 is 5.11 Å². The van der Waals surface area contributed by atoms with Crippen LogP contribution in [0.3, 0.4) is 0 Å². The van der Waals surface area contributed by atoms with Crippen molar-refractivity contribution in [2.45, 2.75) is 32.6 Å². The lowest BCUT2D eigenvalue weighted by Gasteiger charge is -2.19. The minimum absolute atomic E-state index is 0.0553. The molecule has 0 atom stereocenters. The second-order valence-corrected chi connectivity index (χ2v) is 5.43. The van der Waals surface area contributed by atoms with Gasteiger partial charge in [-0.05, 0) is 24.6 Å². The number of benzene rings is 1. The van der Waals surface area contributed by atoms with Crippen LogP contribution in [0.2, 0.25) is 5.02 Å². The lowest BCUT2D eigenvalue weighted by Crippen LogP contribution is -2.16. The summed E-state index contributed by atoms with van der Waals surface area (Å²) in [7, 11) is 0. The van der Waals surface area contributed by atoms with Gasteiger partial charge in [-0.25, -0.2) is 4.68 Å². The van der Waals surface area contributed by atoms with Crippen molar-refractivity contribution in [3.63, 3.8) is 0 Å². The van der Waals surface area contributed by atoms with Crippen LogP contribution in [0.5, 0.6) is 5.75 Å². The number of hydrogen-bond acceptors (Lipinski definition) is 2. The highest BCUT2D eigenvalue weighted by atomic mass is 35.5. The molecule has 0 radical (unpaired) electrons. The molecule has 0 spiro atoms. The molecule has 3 nitrogen and oxygen atoms in total. The maximum absolute atomic E-state index is 9.60. The quantitative estimate of drug-likeness (QED) is 0.912. The van der Waals surface area contributed by atoms with Gasteiger partial charge >= 0.3 is 0 Å². The third-order valence-electron chi connectivity index (χ3n) is 3.36. The molecule has 0 amide bonds. The highest BCUT2D eigenvalue weighted by Crippen LogP contribution is 2.28. The number of aromatic hydroxyl groups is 1. The Kier molecular flexibility index (Phi) is 3.35. The van der Waals surface area contributed by atoms with Gasteiger partial charge in [0.15, 0.2) is 0 Å². The SMILES string of the molecule is CCC(C)(C)c1ccn(-c2ccc(Cl)c(O)c2)n1. The number of phenolic OH excluding ortho intramolecular Hbond substituents is 1. The summed E-state index contributed by atoms with van der Waals surface area (Å²) < 4.78 is 1.75. The molecule has 96 valence electrons. The van der Waals surface area contributed by atoms with Gasteiger partial charge in [-0.15, -0.1) is 0 Å². The molecule has 0 aliphatic carbocycles. The first-order valence-corrected chi connectivity index (χ1v) is 6.37. The van der Waals surface area contributed by atoms with Gasteiger partial charge in [0.2, 0.25) is 0 Å². The highest BCUT2D eigenvalue weighted by Gasteiger charge is 2.21. The molecule has 0 fully saturated rings. The zero-order chi connectivity index (χ0) is 13.3. The van der Waals surface area contributed by atoms with E-state index in [1.807, 2.05) is 18.3 Å². The zero-order valence-corrected chi connectivity index (χ0v) is 11.6. The van der Waals surface area contributed by atoms with E-state index in [1.54, 1.807) is 16.8 Å². The molecule has 2 rings (SSSR count). The Balaban J connectivity index is 2.38. The normalized spacial score (nSPS) is 11.8. The van der Waals surface area contributed by atoms with E-state index in [-0.39, 0.29) is 11.2 Å². The summed E-state index contributed by atoms with van der Waals surface area (Å²) in [6.45, 7) is 6.48. The van der Waals surface area contributed by atoms with Crippen LogP contribution in [0.15, 0.2) is 30.5 Å². The summed E-state index contributed by atoms with van der Waals surface area (Å²) in [5.74, 6) is 0.0703. The molecule has 0 unspecified atom stereocenters. The Morgan fingerprint density at radius 3 is 2.67 bits per heavy atom. The van der Waals surface area contributed by atoms with Crippen molar-refractivity contribution in [2.75, 3.05) is 0 Å². The first-order valence-electron chi connectivity index (χ1n) is 5.99. The van der Waals surface area contributed by atoms with Crippen LogP contribution >= 0.6 is 11.6 Å². The maximum Gasteiger partial charge on any atom is 0.136 e. The molecule has 1 aromatic carbocycles. The van der Waals surface area contributed by atoms with Crippen molar-refractivity contribution in [2.24, 2.45) is 0 Å². The second-order valence-electron chi connectivity index (χ2n) is 5.02. The molecule has 0 aliphatic heterocycles. The van der Waals surface area contributed by atoms with Crippen molar-refractivity contribution in [1.29, 1.82) is 0 Å². The fraction of sp³-hybridized carbons (Fsp3) is 0.357. The molecule has 0 bridgehead atoms. The van der Waals surface area contributed by atoms with Crippen LogP contribution in [-0.2, 0) is 5.41 Å². The van der Waals surface area contributed by atoms with Gasteiger partial charge in [0, 0.05) is 17.7 Å². The van der Waals surface area contributed by atoms with Crippen LogP contribution in [0.25, 0.3) is 5.69 Å². The predicted molar refractivity (Wildman–Crippen MR) is 73.6 cm³/mol. The van der Waals surface area contributed by atoms with E-state index in [0.29, 0.717) is 5.02 Å². The number of hydrogen-bond donors (Lipinski definition) is 1. The molecule has 18 heavy (non-hydrogen) atoms. The van der Waals surface area contributed by atoms with Gasteiger partial charge in [0.25, 0.3) is 0 Å². The van der Waals surface area contributed by atoms with E-state index >= 15 is 0 Å². The fourth-order valence-corrected chi connectivity index (χ4v) is 1.77. The third-order valence-corrected chi connectivity index (χ3v) is 3.68. The van der Waals surface area contributed by atoms with Gasteiger partial charge in [-0.1, -0.05) is 32.4 Å². The van der Waals surface area contributed by atoms with Crippen molar-refractivity contribution >= 4 is 11.6 Å². The summed E-state index contributed by atoms with van der Waals surface area (Å²) in [5, 5.41) is 14.5. The number of halogens is 1. The molecule has 0 saturated carbocycles. The largest absolute Gasteiger partial charge is 0.506 e. The van der Waals surface area contributed by atoms with E-state index in [4.69, 9.17) is 11.6 Å². The minimum atomic E-state index is 0.0553. The third kappa shape index (κ3) is 2.36. The molecule has 2 aromatic rings. The Hall–Kier alpha value is -1.48. The zero-order valence-electron chi connectivity index (χ0n) is 10.8. The van der Waals surface area contributed by atoms with Gasteiger partial charge in [0.05, 0.1) is 16.4 Å². The predicted octanol–water partition coefficient (Wildman–Crippen LogP) is 3.92. The average Bonchev–Trinajstić information content (AvgIpc) is 2.83. The lowest BCUT2D eigenvalue weighted by atomic mass is 9.87. The molecular weight excluding hydrogens is 248 g/mol. The monoisotopic (exact) mass is 264 g/mol. The maximum atomic E-state index is 9.60. The van der Waals surface area contributed by atoms with E-state index < -0.39 is 0 Å². The molecule has 1 aromatic heterocycles. The van der Waals surface area contributed by atoms with Crippen molar-refractivity contribution in [3.05, 3.63) is 41.2 Å². The second kappa shape index (κ2) is 4.65. The standard InChI is InChI=1S/C14H17ClN2O/c1-4-14(2,3)13-7-8-17(16-13)10-5-6-11(15)12(18)9-10/h5-9,18H,4H2,1-3H3. The Bertz CT molecular complexity index is 561. The van der Waals surface area contributed by atoms with Gasteiger partial charge in [-0.3, -0.25) is 0 Å². The molecule has 4 heteroatoms. The summed E-state index contributed by atoms with van der Waals surface area (Å²) in [5.41, 5.74) is 1.90. The Morgan fingerprint density at radius 1 is 1.33 bits per heavy atom. The number of nitrogens with zero attached hydrogens (tertiary/aromatic N) is 2. The Labute approximate surface area is 112 Å². The summed E-state index contributed by atoms with van der Waals surface area (Å²) in [6, 6.07) is 7.11. The van der Waals surface area contributed by atoms with E-state index in [0.717, 1.165) is 17.8 Å². The van der Waals surface area contributed by atoms with Gasteiger partial charge in [0.1, 0.15) is 5.75 Å². The first kappa shape index (κ1) is 13.0. The van der Waals surface area contributed by atoms with Crippen LogP contribution in [0.4, 0.5) is 0 Å². The highest BCUT2D eigenvalue weighted by molar-refractivity contribution is 6.32. The minimum Gasteiger partial charge on any atom is -0.506 e. The topological polar surface area (TPSA) is 38.0 Å². The number of phenols is 1. The summed E-state index contributed by atoms with van der Waals surface area (Å²) in [4.78, 5) is 0. The molecule has 0 saturated heterocycles. The number of aromatic nitrogens is 2. The average molecular weight is 265 g/mol. The lowest BCUT2D eigenvalue weighted by molar-refractivity contribution is 0.474. The molecule has 0 aliphatic rings. The van der Waals surface area contributed by atoms with Crippen LogP contribution < -0.4 is 0 Å².